The van der Waals surface area contributed by atoms with Gasteiger partial charge in [-0.05, 0) is 31.9 Å². The number of nitrogens with two attached hydrogens (primary N) is 1. The highest BCUT2D eigenvalue weighted by Gasteiger charge is 2.30. The number of amides is 1. The molecule has 0 spiro atoms. The molecule has 1 saturated carbocycles. The first-order valence-electron chi connectivity index (χ1n) is 7.57. The molecule has 1 fully saturated rings. The minimum Gasteiger partial charge on any atom is -0.491 e. The number of hydrogen-bond donors (Lipinski definition) is 3. The van der Waals surface area contributed by atoms with Crippen LogP contribution in [0.15, 0.2) is 18.2 Å². The van der Waals surface area contributed by atoms with Gasteiger partial charge in [0.2, 0.25) is 0 Å². The Hall–Kier alpha value is -1.75. The maximum absolute atomic E-state index is 12.3. The lowest BCUT2D eigenvalue weighted by molar-refractivity contribution is 0.00522. The molecule has 0 aliphatic heterocycles. The van der Waals surface area contributed by atoms with Gasteiger partial charge in [0.1, 0.15) is 0 Å². The smallest absolute Gasteiger partial charge is 0.255 e. The van der Waals surface area contributed by atoms with Crippen molar-refractivity contribution < 1.29 is 14.6 Å². The summed E-state index contributed by atoms with van der Waals surface area (Å²) in [5.41, 5.74) is 5.94. The zero-order valence-electron chi connectivity index (χ0n) is 12.5. The van der Waals surface area contributed by atoms with Crippen LogP contribution in [0.5, 0.6) is 5.75 Å². The standard InChI is InChI=1S/C16H24N2O3/c1-2-21-14-12(7-6-8-13(14)17)15(19)18-11-16(20)9-4-3-5-10-16/h6-8,20H,2-5,9-11,17H2,1H3,(H,18,19). The number of ether oxygens (including phenoxy) is 1. The largest absolute Gasteiger partial charge is 0.491 e. The van der Waals surface area contributed by atoms with Crippen molar-refractivity contribution in [3.8, 4) is 5.75 Å². The summed E-state index contributed by atoms with van der Waals surface area (Å²) >= 11 is 0. The van der Waals surface area contributed by atoms with Gasteiger partial charge in [-0.25, -0.2) is 0 Å². The predicted molar refractivity (Wildman–Crippen MR) is 82.4 cm³/mol. The highest BCUT2D eigenvalue weighted by atomic mass is 16.5. The summed E-state index contributed by atoms with van der Waals surface area (Å²) in [6.45, 7) is 2.56. The SMILES string of the molecule is CCOc1c(N)cccc1C(=O)NCC1(O)CCCCC1. The summed E-state index contributed by atoms with van der Waals surface area (Å²) in [7, 11) is 0. The minimum atomic E-state index is -0.778. The third kappa shape index (κ3) is 3.88. The Morgan fingerprint density at radius 3 is 2.76 bits per heavy atom. The fraction of sp³-hybridized carbons (Fsp3) is 0.562. The first-order chi connectivity index (χ1) is 10.1. The summed E-state index contributed by atoms with van der Waals surface area (Å²) in [5, 5.41) is 13.2. The Bertz CT molecular complexity index is 496. The molecule has 0 aromatic heterocycles. The van der Waals surface area contributed by atoms with Gasteiger partial charge in [-0.2, -0.15) is 0 Å². The molecular weight excluding hydrogens is 268 g/mol. The fourth-order valence-electron chi connectivity index (χ4n) is 2.77. The van der Waals surface area contributed by atoms with E-state index in [-0.39, 0.29) is 12.5 Å². The molecule has 4 N–H and O–H groups in total. The van der Waals surface area contributed by atoms with Gasteiger partial charge in [0, 0.05) is 6.54 Å². The van der Waals surface area contributed by atoms with E-state index in [9.17, 15) is 9.90 Å². The third-order valence-electron chi connectivity index (χ3n) is 3.94. The third-order valence-corrected chi connectivity index (χ3v) is 3.94. The van der Waals surface area contributed by atoms with Crippen molar-refractivity contribution in [1.82, 2.24) is 5.32 Å². The van der Waals surface area contributed by atoms with Crippen LogP contribution in [-0.2, 0) is 0 Å². The Kier molecular flexibility index (Phi) is 5.07. The normalized spacial score (nSPS) is 17.2. The highest BCUT2D eigenvalue weighted by Crippen LogP contribution is 2.29. The van der Waals surface area contributed by atoms with Crippen LogP contribution in [-0.4, -0.2) is 29.8 Å². The molecule has 1 aromatic rings. The van der Waals surface area contributed by atoms with Crippen LogP contribution in [0, 0.1) is 0 Å². The van der Waals surface area contributed by atoms with Gasteiger partial charge in [-0.1, -0.05) is 25.3 Å². The lowest BCUT2D eigenvalue weighted by Crippen LogP contribution is -2.44. The summed E-state index contributed by atoms with van der Waals surface area (Å²) < 4.78 is 5.46. The number of carbonyl (C=O) groups is 1. The van der Waals surface area contributed by atoms with E-state index in [0.717, 1.165) is 32.1 Å². The molecule has 0 radical (unpaired) electrons. The number of aliphatic hydroxyl groups is 1. The first kappa shape index (κ1) is 15.6. The zero-order valence-corrected chi connectivity index (χ0v) is 12.5. The Morgan fingerprint density at radius 1 is 1.38 bits per heavy atom. The molecule has 0 unspecified atom stereocenters. The van der Waals surface area contributed by atoms with E-state index in [0.29, 0.717) is 23.6 Å². The van der Waals surface area contributed by atoms with Crippen LogP contribution in [0.2, 0.25) is 0 Å². The molecule has 1 aliphatic carbocycles. The van der Waals surface area contributed by atoms with Gasteiger partial charge in [-0.15, -0.1) is 0 Å². The maximum atomic E-state index is 12.3. The number of anilines is 1. The lowest BCUT2D eigenvalue weighted by Gasteiger charge is -2.32. The Labute approximate surface area is 125 Å². The van der Waals surface area contributed by atoms with E-state index >= 15 is 0 Å². The molecule has 0 saturated heterocycles. The maximum Gasteiger partial charge on any atom is 0.255 e. The van der Waals surface area contributed by atoms with Gasteiger partial charge in [0.05, 0.1) is 23.5 Å². The number of para-hydroxylation sites is 1. The van der Waals surface area contributed by atoms with Crippen molar-refractivity contribution >= 4 is 11.6 Å². The van der Waals surface area contributed by atoms with E-state index < -0.39 is 5.60 Å². The predicted octanol–water partition coefficient (Wildman–Crippen LogP) is 2.09. The van der Waals surface area contributed by atoms with Crippen molar-refractivity contribution in [2.24, 2.45) is 0 Å². The quantitative estimate of drug-likeness (QED) is 0.726. The molecule has 1 amide bonds. The zero-order chi connectivity index (χ0) is 15.3. The topological polar surface area (TPSA) is 84.6 Å². The minimum absolute atomic E-state index is 0.259. The molecule has 0 bridgehead atoms. The van der Waals surface area contributed by atoms with E-state index in [2.05, 4.69) is 5.32 Å². The van der Waals surface area contributed by atoms with Crippen LogP contribution in [0.25, 0.3) is 0 Å². The van der Waals surface area contributed by atoms with Crippen molar-refractivity contribution in [3.63, 3.8) is 0 Å². The lowest BCUT2D eigenvalue weighted by atomic mass is 9.85. The molecule has 1 aliphatic rings. The number of benzene rings is 1. The van der Waals surface area contributed by atoms with E-state index in [1.807, 2.05) is 6.92 Å². The van der Waals surface area contributed by atoms with Gasteiger partial charge < -0.3 is 20.9 Å². The van der Waals surface area contributed by atoms with Gasteiger partial charge in [0.15, 0.2) is 5.75 Å². The van der Waals surface area contributed by atoms with Crippen molar-refractivity contribution in [1.29, 1.82) is 0 Å². The molecule has 21 heavy (non-hydrogen) atoms. The molecular formula is C16H24N2O3. The summed E-state index contributed by atoms with van der Waals surface area (Å²) in [6.07, 6.45) is 4.65. The number of carbonyl (C=O) groups excluding carboxylic acids is 1. The van der Waals surface area contributed by atoms with Crippen LogP contribution in [0.1, 0.15) is 49.4 Å². The van der Waals surface area contributed by atoms with E-state index in [1.54, 1.807) is 18.2 Å². The number of hydrogen-bond acceptors (Lipinski definition) is 4. The Balaban J connectivity index is 2.05. The van der Waals surface area contributed by atoms with Crippen molar-refractivity contribution in [2.75, 3.05) is 18.9 Å². The van der Waals surface area contributed by atoms with Gasteiger partial charge >= 0.3 is 0 Å². The average molecular weight is 292 g/mol. The second-order valence-corrected chi connectivity index (χ2v) is 5.62. The number of rotatable bonds is 5. The van der Waals surface area contributed by atoms with E-state index in [4.69, 9.17) is 10.5 Å². The molecule has 0 heterocycles. The summed E-state index contributed by atoms with van der Waals surface area (Å²) in [4.78, 5) is 12.3. The molecule has 5 nitrogen and oxygen atoms in total. The fourth-order valence-corrected chi connectivity index (χ4v) is 2.77. The van der Waals surface area contributed by atoms with Crippen molar-refractivity contribution in [2.45, 2.75) is 44.6 Å². The summed E-state index contributed by atoms with van der Waals surface area (Å²) in [6, 6.07) is 5.11. The second kappa shape index (κ2) is 6.80. The molecule has 116 valence electrons. The van der Waals surface area contributed by atoms with E-state index in [1.165, 1.54) is 0 Å². The summed E-state index contributed by atoms with van der Waals surface area (Å²) in [5.74, 6) is 0.151. The molecule has 2 rings (SSSR count). The van der Waals surface area contributed by atoms with Crippen LogP contribution >= 0.6 is 0 Å². The van der Waals surface area contributed by atoms with Crippen molar-refractivity contribution in [3.05, 3.63) is 23.8 Å². The van der Waals surface area contributed by atoms with Crippen LogP contribution in [0.3, 0.4) is 0 Å². The highest BCUT2D eigenvalue weighted by molar-refractivity contribution is 5.98. The second-order valence-electron chi connectivity index (χ2n) is 5.62. The monoisotopic (exact) mass is 292 g/mol. The first-order valence-corrected chi connectivity index (χ1v) is 7.57. The van der Waals surface area contributed by atoms with Gasteiger partial charge in [-0.3, -0.25) is 4.79 Å². The number of nitrogen functional groups attached to an aromatic ring is 1. The molecule has 5 heteroatoms. The van der Waals surface area contributed by atoms with Crippen LogP contribution in [0.4, 0.5) is 5.69 Å². The number of nitrogens with one attached hydrogen (secondary N) is 1. The Morgan fingerprint density at radius 2 is 2.10 bits per heavy atom. The molecule has 0 atom stereocenters. The van der Waals surface area contributed by atoms with Crippen LogP contribution < -0.4 is 15.8 Å². The average Bonchev–Trinajstić information content (AvgIpc) is 2.48. The molecule has 1 aromatic carbocycles. The van der Waals surface area contributed by atoms with Gasteiger partial charge in [0.25, 0.3) is 5.91 Å².